The van der Waals surface area contributed by atoms with Crippen LogP contribution in [0.2, 0.25) is 5.02 Å². The van der Waals surface area contributed by atoms with Crippen LogP contribution < -0.4 is 20.0 Å². The molecule has 1 saturated heterocycles. The average Bonchev–Trinajstić information content (AvgIpc) is 2.93. The van der Waals surface area contributed by atoms with Crippen LogP contribution in [0.5, 0.6) is 0 Å². The van der Waals surface area contributed by atoms with Crippen molar-refractivity contribution in [1.82, 2.24) is 19.9 Å². The third kappa shape index (κ3) is 7.44. The molecule has 40 heavy (non-hydrogen) atoms. The number of hydrogen-bond acceptors (Lipinski definition) is 8. The molecule has 1 aliphatic rings. The molecule has 1 aliphatic heterocycles. The van der Waals surface area contributed by atoms with Crippen molar-refractivity contribution in [2.45, 2.75) is 58.7 Å². The second-order valence-corrected chi connectivity index (χ2v) is 10.4. The van der Waals surface area contributed by atoms with Crippen molar-refractivity contribution < 1.29 is 13.2 Å². The van der Waals surface area contributed by atoms with Crippen molar-refractivity contribution in [2.24, 2.45) is 0 Å². The van der Waals surface area contributed by atoms with Crippen molar-refractivity contribution in [3.8, 4) is 0 Å². The molecule has 1 atom stereocenters. The quantitative estimate of drug-likeness (QED) is 0.267. The highest BCUT2D eigenvalue weighted by atomic mass is 35.5. The first kappa shape index (κ1) is 29.6. The zero-order chi connectivity index (χ0) is 28.7. The topological polar surface area (TPSA) is 73.3 Å². The fourth-order valence-corrected chi connectivity index (χ4v) is 4.86. The molecular weight excluding hydrogens is 541 g/mol. The second kappa shape index (κ2) is 13.3. The van der Waals surface area contributed by atoms with Gasteiger partial charge in [0.1, 0.15) is 5.82 Å². The SMILES string of the molecule is CCCCN(CCCC)c1nc(Nc2ccc(C(F)(F)F)cc2)nc(N2CCN(c3ncccc3Cl)CC2C)n1. The molecule has 0 amide bonds. The summed E-state index contributed by atoms with van der Waals surface area (Å²) in [5.41, 5.74) is -0.243. The number of alkyl halides is 3. The van der Waals surface area contributed by atoms with E-state index in [2.05, 4.69) is 45.8 Å². The van der Waals surface area contributed by atoms with E-state index >= 15 is 0 Å². The maximum Gasteiger partial charge on any atom is 0.416 e. The first-order valence-electron chi connectivity index (χ1n) is 13.8. The highest BCUT2D eigenvalue weighted by Gasteiger charge is 2.31. The molecule has 0 spiro atoms. The third-order valence-corrected chi connectivity index (χ3v) is 7.14. The summed E-state index contributed by atoms with van der Waals surface area (Å²) in [4.78, 5) is 25.2. The molecule has 1 fully saturated rings. The lowest BCUT2D eigenvalue weighted by atomic mass is 10.2. The number of rotatable bonds is 11. The van der Waals surface area contributed by atoms with Crippen LogP contribution in [0.15, 0.2) is 42.6 Å². The highest BCUT2D eigenvalue weighted by molar-refractivity contribution is 6.32. The Bertz CT molecular complexity index is 1230. The Balaban J connectivity index is 1.63. The lowest BCUT2D eigenvalue weighted by molar-refractivity contribution is -0.137. The Kier molecular flexibility index (Phi) is 9.89. The number of pyridine rings is 1. The molecule has 0 aliphatic carbocycles. The lowest BCUT2D eigenvalue weighted by Gasteiger charge is -2.40. The van der Waals surface area contributed by atoms with Gasteiger partial charge in [0.25, 0.3) is 0 Å². The van der Waals surface area contributed by atoms with Gasteiger partial charge in [-0.3, -0.25) is 0 Å². The van der Waals surface area contributed by atoms with E-state index in [1.807, 2.05) is 12.1 Å². The van der Waals surface area contributed by atoms with Crippen molar-refractivity contribution >= 4 is 41.0 Å². The predicted octanol–water partition coefficient (Wildman–Crippen LogP) is 6.80. The van der Waals surface area contributed by atoms with E-state index in [0.717, 1.165) is 56.7 Å². The predicted molar refractivity (Wildman–Crippen MR) is 155 cm³/mol. The van der Waals surface area contributed by atoms with E-state index in [9.17, 15) is 13.2 Å². The molecular formula is C28H36ClF3N8. The molecule has 12 heteroatoms. The van der Waals surface area contributed by atoms with Crippen molar-refractivity contribution in [1.29, 1.82) is 0 Å². The minimum absolute atomic E-state index is 0.0423. The Labute approximate surface area is 238 Å². The number of hydrogen-bond donors (Lipinski definition) is 1. The van der Waals surface area contributed by atoms with Crippen LogP contribution in [-0.2, 0) is 6.18 Å². The molecule has 0 saturated carbocycles. The summed E-state index contributed by atoms with van der Waals surface area (Å²) in [6.45, 7) is 9.99. The third-order valence-electron chi connectivity index (χ3n) is 6.85. The molecule has 1 aromatic carbocycles. The van der Waals surface area contributed by atoms with E-state index < -0.39 is 11.7 Å². The number of unbranched alkanes of at least 4 members (excludes halogenated alkanes) is 2. The van der Waals surface area contributed by atoms with Crippen molar-refractivity contribution in [2.75, 3.05) is 52.7 Å². The molecule has 1 N–H and O–H groups in total. The first-order valence-corrected chi connectivity index (χ1v) is 14.1. The monoisotopic (exact) mass is 576 g/mol. The van der Waals surface area contributed by atoms with Crippen LogP contribution in [0.3, 0.4) is 0 Å². The van der Waals surface area contributed by atoms with Gasteiger partial charge in [-0.1, -0.05) is 38.3 Å². The number of nitrogens with one attached hydrogen (secondary N) is 1. The van der Waals surface area contributed by atoms with E-state index in [1.54, 1.807) is 6.20 Å². The summed E-state index contributed by atoms with van der Waals surface area (Å²) in [6.07, 6.45) is 1.39. The van der Waals surface area contributed by atoms with Crippen molar-refractivity contribution in [3.05, 3.63) is 53.2 Å². The number of piperazine rings is 1. The lowest BCUT2D eigenvalue weighted by Crippen LogP contribution is -2.53. The summed E-state index contributed by atoms with van der Waals surface area (Å²) < 4.78 is 39.2. The Morgan fingerprint density at radius 3 is 2.30 bits per heavy atom. The fraction of sp³-hybridized carbons (Fsp3) is 0.500. The van der Waals surface area contributed by atoms with Crippen LogP contribution in [-0.4, -0.2) is 58.7 Å². The van der Waals surface area contributed by atoms with Gasteiger partial charge in [0.15, 0.2) is 0 Å². The number of anilines is 5. The van der Waals surface area contributed by atoms with E-state index in [-0.39, 0.29) is 6.04 Å². The van der Waals surface area contributed by atoms with E-state index in [1.165, 1.54) is 12.1 Å². The Morgan fingerprint density at radius 1 is 1.00 bits per heavy atom. The summed E-state index contributed by atoms with van der Waals surface area (Å²) in [5.74, 6) is 2.13. The van der Waals surface area contributed by atoms with E-state index in [4.69, 9.17) is 26.6 Å². The van der Waals surface area contributed by atoms with E-state index in [0.29, 0.717) is 48.2 Å². The molecule has 1 unspecified atom stereocenters. The summed E-state index contributed by atoms with van der Waals surface area (Å²) in [7, 11) is 0. The second-order valence-electron chi connectivity index (χ2n) is 9.95. The van der Waals surface area contributed by atoms with Crippen LogP contribution in [0.4, 0.5) is 42.5 Å². The zero-order valence-corrected chi connectivity index (χ0v) is 23.9. The van der Waals surface area contributed by atoms with Crippen molar-refractivity contribution in [3.63, 3.8) is 0 Å². The molecule has 0 bridgehead atoms. The van der Waals surface area contributed by atoms with Crippen LogP contribution in [0.25, 0.3) is 0 Å². The maximum atomic E-state index is 13.1. The molecule has 8 nitrogen and oxygen atoms in total. The Morgan fingerprint density at radius 2 is 1.70 bits per heavy atom. The van der Waals surface area contributed by atoms with Gasteiger partial charge in [-0.05, 0) is 56.2 Å². The van der Waals surface area contributed by atoms with Gasteiger partial charge in [0, 0.05) is 50.6 Å². The minimum Gasteiger partial charge on any atom is -0.352 e. The highest BCUT2D eigenvalue weighted by Crippen LogP contribution is 2.31. The van der Waals surface area contributed by atoms with Crippen LogP contribution >= 0.6 is 11.6 Å². The zero-order valence-electron chi connectivity index (χ0n) is 23.1. The number of benzene rings is 1. The number of nitrogens with zero attached hydrogens (tertiary/aromatic N) is 7. The number of aromatic nitrogens is 4. The normalized spacial score (nSPS) is 15.8. The Hall–Kier alpha value is -3.34. The first-order chi connectivity index (χ1) is 19.2. The standard InChI is InChI=1S/C28H36ClF3N8/c1-4-6-15-38(16-7-5-2)26-35-25(34-22-12-10-21(11-13-22)28(30,31)32)36-27(37-26)40-18-17-39(19-20(40)3)24-23(29)9-8-14-33-24/h8-14,20H,4-7,15-19H2,1-3H3,(H,34,35,36,37). The fourth-order valence-electron chi connectivity index (χ4n) is 4.62. The van der Waals surface area contributed by atoms with Gasteiger partial charge in [0.05, 0.1) is 10.6 Å². The van der Waals surface area contributed by atoms with Gasteiger partial charge in [-0.25, -0.2) is 4.98 Å². The molecule has 216 valence electrons. The van der Waals surface area contributed by atoms with Gasteiger partial charge >= 0.3 is 6.18 Å². The summed E-state index contributed by atoms with van der Waals surface area (Å²) in [6, 6.07) is 8.55. The van der Waals surface area contributed by atoms with Gasteiger partial charge in [0.2, 0.25) is 17.8 Å². The molecule has 4 rings (SSSR count). The minimum atomic E-state index is -4.40. The molecule has 2 aromatic heterocycles. The molecule has 3 aromatic rings. The summed E-state index contributed by atoms with van der Waals surface area (Å²) >= 11 is 6.40. The average molecular weight is 577 g/mol. The molecule has 3 heterocycles. The smallest absolute Gasteiger partial charge is 0.352 e. The van der Waals surface area contributed by atoms with Gasteiger partial charge in [-0.2, -0.15) is 28.1 Å². The summed E-state index contributed by atoms with van der Waals surface area (Å²) in [5, 5.41) is 3.71. The maximum absolute atomic E-state index is 13.1. The van der Waals surface area contributed by atoms with Gasteiger partial charge < -0.3 is 20.0 Å². The largest absolute Gasteiger partial charge is 0.416 e. The number of halogens is 4. The molecule has 0 radical (unpaired) electrons. The van der Waals surface area contributed by atoms with Gasteiger partial charge in [-0.15, -0.1) is 0 Å². The van der Waals surface area contributed by atoms with Crippen LogP contribution in [0, 0.1) is 0 Å². The van der Waals surface area contributed by atoms with Crippen LogP contribution in [0.1, 0.15) is 52.0 Å².